The van der Waals surface area contributed by atoms with Crippen LogP contribution in [0.5, 0.6) is 0 Å². The fraction of sp³-hybridized carbons (Fsp3) is 0.917. The van der Waals surface area contributed by atoms with Gasteiger partial charge in [-0.1, -0.05) is 12.8 Å². The highest BCUT2D eigenvalue weighted by Crippen LogP contribution is 2.28. The van der Waals surface area contributed by atoms with Gasteiger partial charge in [0.25, 0.3) is 0 Å². The summed E-state index contributed by atoms with van der Waals surface area (Å²) < 4.78 is 5.35. The van der Waals surface area contributed by atoms with E-state index in [0.29, 0.717) is 6.54 Å². The van der Waals surface area contributed by atoms with Crippen LogP contribution in [-0.2, 0) is 9.53 Å². The number of aliphatic hydroxyl groups is 1. The Morgan fingerprint density at radius 1 is 1.38 bits per heavy atom. The molecule has 1 aliphatic carbocycles. The van der Waals surface area contributed by atoms with Gasteiger partial charge in [-0.25, -0.2) is 0 Å². The van der Waals surface area contributed by atoms with Crippen molar-refractivity contribution < 1.29 is 14.6 Å². The Kier molecular flexibility index (Phi) is 4.33. The normalized spacial score (nSPS) is 19.8. The van der Waals surface area contributed by atoms with Crippen LogP contribution in [0.2, 0.25) is 0 Å². The van der Waals surface area contributed by atoms with Crippen LogP contribution in [0.4, 0.5) is 0 Å². The molecule has 2 N–H and O–H groups in total. The van der Waals surface area contributed by atoms with Crippen molar-refractivity contribution in [3.63, 3.8) is 0 Å². The second-order valence-corrected chi connectivity index (χ2v) is 5.61. The van der Waals surface area contributed by atoms with E-state index >= 15 is 0 Å². The first-order valence-electron chi connectivity index (χ1n) is 5.94. The predicted molar refractivity (Wildman–Crippen MR) is 62.1 cm³/mol. The Morgan fingerprint density at radius 2 is 1.94 bits per heavy atom. The van der Waals surface area contributed by atoms with Crippen molar-refractivity contribution in [1.82, 2.24) is 5.32 Å². The molecule has 0 heterocycles. The monoisotopic (exact) mass is 229 g/mol. The molecule has 0 bridgehead atoms. The zero-order chi connectivity index (χ0) is 12.2. The van der Waals surface area contributed by atoms with Gasteiger partial charge in [-0.2, -0.15) is 0 Å². The van der Waals surface area contributed by atoms with Crippen LogP contribution in [0, 0.1) is 0 Å². The van der Waals surface area contributed by atoms with Crippen molar-refractivity contribution in [2.75, 3.05) is 13.2 Å². The molecule has 0 spiro atoms. The SMILES string of the molecule is CC(C)(C)OCC(=O)NCC1(O)CCCC1. The molecule has 16 heavy (non-hydrogen) atoms. The summed E-state index contributed by atoms with van der Waals surface area (Å²) in [7, 11) is 0. The van der Waals surface area contributed by atoms with E-state index in [-0.39, 0.29) is 18.1 Å². The van der Waals surface area contributed by atoms with Crippen LogP contribution in [0.3, 0.4) is 0 Å². The van der Waals surface area contributed by atoms with E-state index in [1.54, 1.807) is 0 Å². The second kappa shape index (κ2) is 5.15. The van der Waals surface area contributed by atoms with Crippen LogP contribution in [0.15, 0.2) is 0 Å². The zero-order valence-electron chi connectivity index (χ0n) is 10.5. The Morgan fingerprint density at radius 3 is 2.44 bits per heavy atom. The molecular weight excluding hydrogens is 206 g/mol. The van der Waals surface area contributed by atoms with E-state index in [1.165, 1.54) is 0 Å². The second-order valence-electron chi connectivity index (χ2n) is 5.61. The Labute approximate surface area is 97.4 Å². The number of amides is 1. The molecule has 1 amide bonds. The first-order valence-corrected chi connectivity index (χ1v) is 5.94. The predicted octanol–water partition coefficient (Wildman–Crippen LogP) is 1.22. The van der Waals surface area contributed by atoms with Gasteiger partial charge in [0.15, 0.2) is 0 Å². The van der Waals surface area contributed by atoms with Crippen molar-refractivity contribution in [3.05, 3.63) is 0 Å². The van der Waals surface area contributed by atoms with Crippen molar-refractivity contribution in [2.45, 2.75) is 57.7 Å². The van der Waals surface area contributed by atoms with E-state index < -0.39 is 5.60 Å². The third-order valence-electron chi connectivity index (χ3n) is 2.79. The average molecular weight is 229 g/mol. The summed E-state index contributed by atoms with van der Waals surface area (Å²) in [5, 5.41) is 12.7. The van der Waals surface area contributed by atoms with Crippen molar-refractivity contribution >= 4 is 5.91 Å². The molecular formula is C12H23NO3. The standard InChI is InChI=1S/C12H23NO3/c1-11(2,3)16-8-10(14)13-9-12(15)6-4-5-7-12/h15H,4-9H2,1-3H3,(H,13,14). The van der Waals surface area contributed by atoms with Gasteiger partial charge in [0, 0.05) is 6.54 Å². The summed E-state index contributed by atoms with van der Waals surface area (Å²) >= 11 is 0. The third kappa shape index (κ3) is 4.94. The highest BCUT2D eigenvalue weighted by atomic mass is 16.5. The van der Waals surface area contributed by atoms with Gasteiger partial charge in [0.05, 0.1) is 11.2 Å². The number of hydrogen-bond acceptors (Lipinski definition) is 3. The topological polar surface area (TPSA) is 58.6 Å². The van der Waals surface area contributed by atoms with Gasteiger partial charge in [-0.15, -0.1) is 0 Å². The summed E-state index contributed by atoms with van der Waals surface area (Å²) in [4.78, 5) is 11.4. The summed E-state index contributed by atoms with van der Waals surface area (Å²) in [5.74, 6) is -0.157. The molecule has 1 rings (SSSR count). The summed E-state index contributed by atoms with van der Waals surface area (Å²) in [6, 6.07) is 0. The van der Waals surface area contributed by atoms with Crippen LogP contribution >= 0.6 is 0 Å². The minimum atomic E-state index is -0.683. The average Bonchev–Trinajstić information content (AvgIpc) is 2.59. The van der Waals surface area contributed by atoms with Crippen molar-refractivity contribution in [1.29, 1.82) is 0 Å². The largest absolute Gasteiger partial charge is 0.388 e. The Bertz CT molecular complexity index is 239. The number of carbonyl (C=O) groups is 1. The maximum atomic E-state index is 11.4. The fourth-order valence-electron chi connectivity index (χ4n) is 1.81. The molecule has 0 aromatic heterocycles. The molecule has 4 nitrogen and oxygen atoms in total. The van der Waals surface area contributed by atoms with Gasteiger partial charge in [0.2, 0.25) is 5.91 Å². The lowest BCUT2D eigenvalue weighted by Crippen LogP contribution is -2.42. The third-order valence-corrected chi connectivity index (χ3v) is 2.79. The van der Waals surface area contributed by atoms with E-state index in [4.69, 9.17) is 4.74 Å². The zero-order valence-corrected chi connectivity index (χ0v) is 10.5. The maximum absolute atomic E-state index is 11.4. The van der Waals surface area contributed by atoms with E-state index in [9.17, 15) is 9.90 Å². The molecule has 1 fully saturated rings. The maximum Gasteiger partial charge on any atom is 0.246 e. The molecule has 94 valence electrons. The van der Waals surface area contributed by atoms with Crippen LogP contribution in [-0.4, -0.2) is 35.4 Å². The summed E-state index contributed by atoms with van der Waals surface area (Å²) in [6.45, 7) is 6.12. The summed E-state index contributed by atoms with van der Waals surface area (Å²) in [5.41, 5.74) is -0.987. The van der Waals surface area contributed by atoms with Gasteiger partial charge in [0.1, 0.15) is 6.61 Å². The minimum absolute atomic E-state index is 0.0551. The first kappa shape index (κ1) is 13.5. The van der Waals surface area contributed by atoms with Crippen molar-refractivity contribution in [2.24, 2.45) is 0 Å². The lowest BCUT2D eigenvalue weighted by molar-refractivity contribution is -0.131. The molecule has 0 aromatic rings. The Hall–Kier alpha value is -0.610. The molecule has 0 atom stereocenters. The fourth-order valence-corrected chi connectivity index (χ4v) is 1.81. The number of rotatable bonds is 4. The number of carbonyl (C=O) groups excluding carboxylic acids is 1. The van der Waals surface area contributed by atoms with Crippen LogP contribution in [0.1, 0.15) is 46.5 Å². The van der Waals surface area contributed by atoms with Crippen LogP contribution < -0.4 is 5.32 Å². The summed E-state index contributed by atoms with van der Waals surface area (Å²) in [6.07, 6.45) is 3.66. The lowest BCUT2D eigenvalue weighted by atomic mass is 10.0. The molecule has 0 saturated heterocycles. The number of hydrogen-bond donors (Lipinski definition) is 2. The first-order chi connectivity index (χ1) is 7.31. The molecule has 0 unspecified atom stereocenters. The minimum Gasteiger partial charge on any atom is -0.388 e. The van der Waals surface area contributed by atoms with E-state index in [2.05, 4.69) is 5.32 Å². The Balaban J connectivity index is 2.20. The molecule has 0 aromatic carbocycles. The lowest BCUT2D eigenvalue weighted by Gasteiger charge is -2.23. The highest BCUT2D eigenvalue weighted by molar-refractivity contribution is 5.77. The van der Waals surface area contributed by atoms with Gasteiger partial charge < -0.3 is 15.2 Å². The van der Waals surface area contributed by atoms with Crippen molar-refractivity contribution in [3.8, 4) is 0 Å². The molecule has 1 aliphatic rings. The highest BCUT2D eigenvalue weighted by Gasteiger charge is 2.31. The van der Waals surface area contributed by atoms with Gasteiger partial charge in [-0.3, -0.25) is 4.79 Å². The van der Waals surface area contributed by atoms with Crippen LogP contribution in [0.25, 0.3) is 0 Å². The smallest absolute Gasteiger partial charge is 0.246 e. The quantitative estimate of drug-likeness (QED) is 0.762. The molecule has 0 radical (unpaired) electrons. The molecule has 1 saturated carbocycles. The van der Waals surface area contributed by atoms with Gasteiger partial charge in [-0.05, 0) is 33.6 Å². The van der Waals surface area contributed by atoms with Gasteiger partial charge >= 0.3 is 0 Å². The number of ether oxygens (including phenoxy) is 1. The molecule has 0 aliphatic heterocycles. The van der Waals surface area contributed by atoms with E-state index in [0.717, 1.165) is 25.7 Å². The molecule has 4 heteroatoms. The number of nitrogens with one attached hydrogen (secondary N) is 1. The van der Waals surface area contributed by atoms with E-state index in [1.807, 2.05) is 20.8 Å².